The van der Waals surface area contributed by atoms with E-state index in [-0.39, 0.29) is 23.3 Å². The number of fused-ring (bicyclic) bond motifs is 2. The fourth-order valence-electron chi connectivity index (χ4n) is 5.68. The maximum Gasteiger partial charge on any atom is 0.243 e. The largest absolute Gasteiger partial charge is 0.340 e. The molecule has 0 saturated carbocycles. The number of sulfonamides is 1. The van der Waals surface area contributed by atoms with Gasteiger partial charge in [0.15, 0.2) is 0 Å². The highest BCUT2D eigenvalue weighted by Gasteiger charge is 2.61. The number of rotatable bonds is 3. The first-order valence-corrected chi connectivity index (χ1v) is 12.1. The van der Waals surface area contributed by atoms with Gasteiger partial charge in [-0.3, -0.25) is 4.79 Å². The van der Waals surface area contributed by atoms with E-state index in [2.05, 4.69) is 14.9 Å². The van der Waals surface area contributed by atoms with Crippen LogP contribution in [0.5, 0.6) is 0 Å². The molecule has 2 atom stereocenters. The molecule has 1 spiro atoms. The molecule has 164 valence electrons. The zero-order valence-corrected chi connectivity index (χ0v) is 18.6. The van der Waals surface area contributed by atoms with Crippen LogP contribution in [0.15, 0.2) is 47.6 Å². The van der Waals surface area contributed by atoms with Crippen molar-refractivity contribution in [1.82, 2.24) is 19.2 Å². The molecular weight excluding hydrogens is 414 g/mol. The first kappa shape index (κ1) is 20.4. The predicted octanol–water partition coefficient (Wildman–Crippen LogP) is 1.53. The number of carbonyl (C=O) groups is 1. The highest BCUT2D eigenvalue weighted by Crippen LogP contribution is 2.49. The molecule has 1 amide bonds. The number of amides is 1. The van der Waals surface area contributed by atoms with Gasteiger partial charge in [0.05, 0.1) is 16.4 Å². The third kappa shape index (κ3) is 3.13. The van der Waals surface area contributed by atoms with E-state index in [9.17, 15) is 13.2 Å². The topological polar surface area (TPSA) is 86.7 Å². The van der Waals surface area contributed by atoms with Gasteiger partial charge in [0.2, 0.25) is 21.9 Å². The second kappa shape index (κ2) is 7.27. The fraction of sp³-hybridized carbons (Fsp3) is 0.500. The van der Waals surface area contributed by atoms with Gasteiger partial charge in [-0.2, -0.15) is 4.31 Å². The Morgan fingerprint density at radius 3 is 2.45 bits per heavy atom. The first-order valence-electron chi connectivity index (χ1n) is 10.7. The van der Waals surface area contributed by atoms with Crippen molar-refractivity contribution in [3.63, 3.8) is 0 Å². The van der Waals surface area contributed by atoms with E-state index in [4.69, 9.17) is 0 Å². The molecule has 0 radical (unpaired) electrons. The molecule has 3 saturated heterocycles. The van der Waals surface area contributed by atoms with Gasteiger partial charge in [0.1, 0.15) is 0 Å². The summed E-state index contributed by atoms with van der Waals surface area (Å²) in [5.74, 6) is 0.867. The van der Waals surface area contributed by atoms with Gasteiger partial charge in [-0.1, -0.05) is 12.1 Å². The molecule has 1 aromatic heterocycles. The monoisotopic (exact) mass is 441 g/mol. The van der Waals surface area contributed by atoms with Crippen molar-refractivity contribution >= 4 is 21.9 Å². The van der Waals surface area contributed by atoms with E-state index in [1.807, 2.05) is 24.9 Å². The van der Waals surface area contributed by atoms with Crippen LogP contribution in [0.3, 0.4) is 0 Å². The van der Waals surface area contributed by atoms with Crippen molar-refractivity contribution < 1.29 is 13.2 Å². The molecule has 3 aliphatic heterocycles. The van der Waals surface area contributed by atoms with Crippen LogP contribution in [0.1, 0.15) is 18.4 Å². The summed E-state index contributed by atoms with van der Waals surface area (Å²) in [5.41, 5.74) is 0.608. The highest BCUT2D eigenvalue weighted by atomic mass is 32.2. The van der Waals surface area contributed by atoms with Crippen molar-refractivity contribution in [1.29, 1.82) is 0 Å². The minimum absolute atomic E-state index is 0.0891. The van der Waals surface area contributed by atoms with E-state index in [1.165, 1.54) is 0 Å². The van der Waals surface area contributed by atoms with Gasteiger partial charge in [0, 0.05) is 51.5 Å². The lowest BCUT2D eigenvalue weighted by Gasteiger charge is -2.46. The Bertz CT molecular complexity index is 1100. The third-order valence-electron chi connectivity index (χ3n) is 7.38. The number of nitrogens with zero attached hydrogens (tertiary/aromatic N) is 5. The van der Waals surface area contributed by atoms with E-state index in [0.717, 1.165) is 12.1 Å². The van der Waals surface area contributed by atoms with Crippen LogP contribution in [0, 0.1) is 18.8 Å². The van der Waals surface area contributed by atoms with Crippen LogP contribution in [-0.2, 0) is 14.8 Å². The third-order valence-corrected chi connectivity index (χ3v) is 9.27. The standard InChI is InChI=1S/C22H27N5O3S/c1-16-5-3-6-17(13-16)31(29,30)27-11-7-22(8-12-27)19-15-26(21-23-9-4-10-24-21)14-18(19)20(28)25(22)2/h3-6,9-10,13,18-19H,7-8,11-12,14-15H2,1-2H3/t18-,19+/m0/s1. The Morgan fingerprint density at radius 1 is 1.06 bits per heavy atom. The second-order valence-corrected chi connectivity index (χ2v) is 10.8. The number of aryl methyl sites for hydroxylation is 1. The minimum Gasteiger partial charge on any atom is -0.340 e. The number of aromatic nitrogens is 2. The lowest BCUT2D eigenvalue weighted by molar-refractivity contribution is -0.132. The Labute approximate surface area is 182 Å². The molecule has 1 aromatic carbocycles. The average Bonchev–Trinajstić information content (AvgIpc) is 3.31. The average molecular weight is 442 g/mol. The Hall–Kier alpha value is -2.52. The number of anilines is 1. The van der Waals surface area contributed by atoms with Crippen LogP contribution in [0.2, 0.25) is 0 Å². The zero-order valence-electron chi connectivity index (χ0n) is 17.8. The van der Waals surface area contributed by atoms with Crippen molar-refractivity contribution in [3.05, 3.63) is 48.3 Å². The summed E-state index contributed by atoms with van der Waals surface area (Å²) in [7, 11) is -1.65. The smallest absolute Gasteiger partial charge is 0.243 e. The second-order valence-electron chi connectivity index (χ2n) is 8.89. The quantitative estimate of drug-likeness (QED) is 0.718. The Morgan fingerprint density at radius 2 is 1.77 bits per heavy atom. The van der Waals surface area contributed by atoms with Crippen LogP contribution in [-0.4, -0.2) is 72.3 Å². The van der Waals surface area contributed by atoms with E-state index < -0.39 is 10.0 Å². The first-order chi connectivity index (χ1) is 14.8. The molecule has 0 N–H and O–H groups in total. The van der Waals surface area contributed by atoms with E-state index >= 15 is 0 Å². The molecule has 3 aliphatic rings. The van der Waals surface area contributed by atoms with Gasteiger partial charge >= 0.3 is 0 Å². The molecule has 0 bridgehead atoms. The summed E-state index contributed by atoms with van der Waals surface area (Å²) < 4.78 is 27.9. The lowest BCUT2D eigenvalue weighted by atomic mass is 9.75. The molecule has 2 aromatic rings. The number of benzene rings is 1. The summed E-state index contributed by atoms with van der Waals surface area (Å²) >= 11 is 0. The summed E-state index contributed by atoms with van der Waals surface area (Å²) in [6.45, 7) is 4.06. The Kier molecular flexibility index (Phi) is 4.78. The van der Waals surface area contributed by atoms with Crippen LogP contribution in [0.4, 0.5) is 5.95 Å². The molecule has 4 heterocycles. The molecule has 0 unspecified atom stereocenters. The van der Waals surface area contributed by atoms with E-state index in [1.54, 1.807) is 41.0 Å². The summed E-state index contributed by atoms with van der Waals surface area (Å²) in [4.78, 5) is 26.1. The lowest BCUT2D eigenvalue weighted by Crippen LogP contribution is -2.56. The normalized spacial score (nSPS) is 25.9. The predicted molar refractivity (Wildman–Crippen MR) is 116 cm³/mol. The minimum atomic E-state index is -3.54. The molecular formula is C22H27N5O3S. The van der Waals surface area contributed by atoms with Crippen LogP contribution in [0.25, 0.3) is 0 Å². The number of piperidine rings is 1. The molecule has 3 fully saturated rings. The molecule has 0 aliphatic carbocycles. The van der Waals surface area contributed by atoms with Crippen molar-refractivity contribution in [2.75, 3.05) is 38.1 Å². The zero-order chi connectivity index (χ0) is 21.8. The highest BCUT2D eigenvalue weighted by molar-refractivity contribution is 7.89. The Balaban J connectivity index is 1.37. The summed E-state index contributed by atoms with van der Waals surface area (Å²) in [5, 5.41) is 0. The number of likely N-dealkylation sites (tertiary alicyclic amines) is 1. The number of carbonyl (C=O) groups excluding carboxylic acids is 1. The fourth-order valence-corrected chi connectivity index (χ4v) is 7.22. The number of hydrogen-bond donors (Lipinski definition) is 0. The van der Waals surface area contributed by atoms with Crippen molar-refractivity contribution in [3.8, 4) is 0 Å². The van der Waals surface area contributed by atoms with Gasteiger partial charge in [0.25, 0.3) is 0 Å². The van der Waals surface area contributed by atoms with Gasteiger partial charge < -0.3 is 9.80 Å². The molecule has 5 rings (SSSR count). The van der Waals surface area contributed by atoms with Crippen molar-refractivity contribution in [2.24, 2.45) is 11.8 Å². The molecule has 8 nitrogen and oxygen atoms in total. The SMILES string of the molecule is Cc1cccc(S(=O)(=O)N2CCC3(CC2)[C@@H]2CN(c4ncccn4)C[C@@H]2C(=O)N3C)c1. The van der Waals surface area contributed by atoms with Crippen LogP contribution < -0.4 is 4.90 Å². The van der Waals surface area contributed by atoms with E-state index in [0.29, 0.717) is 43.3 Å². The van der Waals surface area contributed by atoms with Crippen molar-refractivity contribution in [2.45, 2.75) is 30.2 Å². The molecule has 31 heavy (non-hydrogen) atoms. The van der Waals surface area contributed by atoms with Gasteiger partial charge in [-0.05, 0) is 43.5 Å². The summed E-state index contributed by atoms with van der Waals surface area (Å²) in [6, 6.07) is 8.83. The molecule has 9 heteroatoms. The maximum absolute atomic E-state index is 13.2. The van der Waals surface area contributed by atoms with Crippen LogP contribution >= 0.6 is 0 Å². The van der Waals surface area contributed by atoms with Gasteiger partial charge in [-0.15, -0.1) is 0 Å². The summed E-state index contributed by atoms with van der Waals surface area (Å²) in [6.07, 6.45) is 4.72. The van der Waals surface area contributed by atoms with Gasteiger partial charge in [-0.25, -0.2) is 18.4 Å². The number of hydrogen-bond acceptors (Lipinski definition) is 6. The maximum atomic E-state index is 13.2.